The van der Waals surface area contributed by atoms with Crippen molar-refractivity contribution < 1.29 is 24.6 Å². The van der Waals surface area contributed by atoms with E-state index in [9.17, 15) is 24.6 Å². The molecule has 2 aliphatic heterocycles. The zero-order chi connectivity index (χ0) is 18.8. The van der Waals surface area contributed by atoms with Crippen LogP contribution in [0.3, 0.4) is 0 Å². The third kappa shape index (κ3) is 3.22. The zero-order valence-electron chi connectivity index (χ0n) is 14.3. The van der Waals surface area contributed by atoms with Gasteiger partial charge in [-0.3, -0.25) is 14.5 Å². The van der Waals surface area contributed by atoms with Crippen molar-refractivity contribution in [3.8, 4) is 0 Å². The number of β-lactam (4-membered cyclic amide) rings is 1. The average Bonchev–Trinajstić information content (AvgIpc) is 2.64. The van der Waals surface area contributed by atoms with Crippen molar-refractivity contribution in [1.82, 2.24) is 10.2 Å². The van der Waals surface area contributed by atoms with Crippen LogP contribution >= 0.6 is 11.8 Å². The highest BCUT2D eigenvalue weighted by Crippen LogP contribution is 2.40. The first-order chi connectivity index (χ1) is 12.5. The Hall–Kier alpha value is -2.32. The Bertz CT molecular complexity index is 792. The number of hydrogen-bond donors (Lipinski definition) is 3. The molecule has 0 unspecified atom stereocenters. The lowest BCUT2D eigenvalue weighted by atomic mass is 10.0. The van der Waals surface area contributed by atoms with Gasteiger partial charge in [0, 0.05) is 11.3 Å². The largest absolute Gasteiger partial charge is 0.477 e. The molecule has 26 heavy (non-hydrogen) atoms. The molecular formula is C18H20N2O5S. The first-order valence-electron chi connectivity index (χ1n) is 8.38. The Kier molecular flexibility index (Phi) is 5.33. The molecule has 8 heteroatoms. The number of carbonyl (C=O) groups excluding carboxylic acids is 2. The van der Waals surface area contributed by atoms with Crippen molar-refractivity contribution in [3.63, 3.8) is 0 Å². The van der Waals surface area contributed by atoms with Crippen LogP contribution in [0.1, 0.15) is 29.3 Å². The Labute approximate surface area is 155 Å². The van der Waals surface area contributed by atoms with Gasteiger partial charge in [0.1, 0.15) is 17.1 Å². The van der Waals surface area contributed by atoms with E-state index in [0.29, 0.717) is 16.9 Å². The van der Waals surface area contributed by atoms with Gasteiger partial charge in [0.15, 0.2) is 0 Å². The highest BCUT2D eigenvalue weighted by molar-refractivity contribution is 8.00. The van der Waals surface area contributed by atoms with Gasteiger partial charge in [0.25, 0.3) is 11.8 Å². The third-order valence-corrected chi connectivity index (χ3v) is 5.79. The number of hydrogen-bond acceptors (Lipinski definition) is 5. The van der Waals surface area contributed by atoms with E-state index >= 15 is 0 Å². The SMILES string of the molecule is CCCc1cccc(C(=O)N[C@H]2C(=O)N3C(C(=O)O)=C(CO)CS[C@@H]23)c1. The predicted molar refractivity (Wildman–Crippen MR) is 96.5 cm³/mol. The summed E-state index contributed by atoms with van der Waals surface area (Å²) in [5.74, 6) is -1.76. The van der Waals surface area contributed by atoms with E-state index in [1.165, 1.54) is 11.8 Å². The molecule has 2 amide bonds. The number of aryl methyl sites for hydroxylation is 1. The van der Waals surface area contributed by atoms with Gasteiger partial charge in [0.2, 0.25) is 0 Å². The zero-order valence-corrected chi connectivity index (χ0v) is 15.1. The van der Waals surface area contributed by atoms with E-state index < -0.39 is 29.9 Å². The number of benzene rings is 1. The minimum atomic E-state index is -1.25. The third-order valence-electron chi connectivity index (χ3n) is 4.46. The molecule has 1 saturated heterocycles. The summed E-state index contributed by atoms with van der Waals surface area (Å²) >= 11 is 1.34. The molecule has 0 radical (unpaired) electrons. The summed E-state index contributed by atoms with van der Waals surface area (Å²) in [5, 5.41) is 20.9. The van der Waals surface area contributed by atoms with E-state index in [4.69, 9.17) is 0 Å². The Balaban J connectivity index is 1.74. The van der Waals surface area contributed by atoms with Crippen molar-refractivity contribution in [2.45, 2.75) is 31.2 Å². The van der Waals surface area contributed by atoms with Crippen molar-refractivity contribution in [2.24, 2.45) is 0 Å². The normalized spacial score (nSPS) is 21.9. The first kappa shape index (κ1) is 18.5. The predicted octanol–water partition coefficient (Wildman–Crippen LogP) is 0.984. The van der Waals surface area contributed by atoms with E-state index in [1.54, 1.807) is 12.1 Å². The van der Waals surface area contributed by atoms with Crippen LogP contribution in [0.15, 0.2) is 35.5 Å². The number of aliphatic hydroxyl groups excluding tert-OH is 1. The molecule has 2 aliphatic rings. The number of nitrogens with zero attached hydrogens (tertiary/aromatic N) is 1. The lowest BCUT2D eigenvalue weighted by molar-refractivity contribution is -0.148. The number of aliphatic hydroxyl groups is 1. The summed E-state index contributed by atoms with van der Waals surface area (Å²) in [5.41, 5.74) is 1.67. The van der Waals surface area contributed by atoms with Crippen LogP contribution in [0, 0.1) is 0 Å². The molecule has 0 aliphatic carbocycles. The molecule has 0 bridgehead atoms. The Morgan fingerprint density at radius 2 is 2.15 bits per heavy atom. The van der Waals surface area contributed by atoms with E-state index in [0.717, 1.165) is 23.3 Å². The van der Waals surface area contributed by atoms with E-state index in [1.807, 2.05) is 12.1 Å². The topological polar surface area (TPSA) is 107 Å². The van der Waals surface area contributed by atoms with Gasteiger partial charge in [-0.05, 0) is 29.7 Å². The fourth-order valence-electron chi connectivity index (χ4n) is 3.19. The summed E-state index contributed by atoms with van der Waals surface area (Å²) in [7, 11) is 0. The molecule has 2 heterocycles. The summed E-state index contributed by atoms with van der Waals surface area (Å²) in [6.45, 7) is 1.65. The van der Waals surface area contributed by atoms with Gasteiger partial charge in [-0.25, -0.2) is 4.79 Å². The molecule has 138 valence electrons. The highest BCUT2D eigenvalue weighted by atomic mass is 32.2. The van der Waals surface area contributed by atoms with Crippen LogP contribution in [-0.4, -0.2) is 56.7 Å². The lowest BCUT2D eigenvalue weighted by Crippen LogP contribution is -2.70. The molecular weight excluding hydrogens is 356 g/mol. The highest BCUT2D eigenvalue weighted by Gasteiger charge is 2.54. The number of fused-ring (bicyclic) bond motifs is 1. The number of rotatable bonds is 6. The summed E-state index contributed by atoms with van der Waals surface area (Å²) < 4.78 is 0. The lowest BCUT2D eigenvalue weighted by Gasteiger charge is -2.49. The van der Waals surface area contributed by atoms with Crippen molar-refractivity contribution in [1.29, 1.82) is 0 Å². The van der Waals surface area contributed by atoms with Gasteiger partial charge >= 0.3 is 5.97 Å². The maximum absolute atomic E-state index is 12.5. The molecule has 7 nitrogen and oxygen atoms in total. The second-order valence-electron chi connectivity index (χ2n) is 6.23. The van der Waals surface area contributed by atoms with Crippen LogP contribution in [0.5, 0.6) is 0 Å². The molecule has 3 rings (SSSR count). The Morgan fingerprint density at radius 3 is 2.81 bits per heavy atom. The monoisotopic (exact) mass is 376 g/mol. The number of carboxylic acid groups (broad SMARTS) is 1. The summed E-state index contributed by atoms with van der Waals surface area (Å²) in [6.07, 6.45) is 1.84. The number of carboxylic acids is 1. The smallest absolute Gasteiger partial charge is 0.352 e. The fourth-order valence-corrected chi connectivity index (χ4v) is 4.52. The van der Waals surface area contributed by atoms with E-state index in [2.05, 4.69) is 12.2 Å². The quantitative estimate of drug-likeness (QED) is 0.639. The molecule has 1 fully saturated rings. The maximum Gasteiger partial charge on any atom is 0.352 e. The molecule has 1 aromatic rings. The van der Waals surface area contributed by atoms with Crippen LogP contribution in [0.2, 0.25) is 0 Å². The number of aliphatic carboxylic acids is 1. The van der Waals surface area contributed by atoms with Gasteiger partial charge in [0.05, 0.1) is 6.61 Å². The van der Waals surface area contributed by atoms with Crippen molar-refractivity contribution in [3.05, 3.63) is 46.7 Å². The Morgan fingerprint density at radius 1 is 1.38 bits per heavy atom. The van der Waals surface area contributed by atoms with Gasteiger partial charge in [-0.1, -0.05) is 25.5 Å². The minimum Gasteiger partial charge on any atom is -0.477 e. The molecule has 2 atom stereocenters. The number of nitrogens with one attached hydrogen (secondary N) is 1. The van der Waals surface area contributed by atoms with Gasteiger partial charge in [-0.2, -0.15) is 0 Å². The second kappa shape index (κ2) is 7.51. The molecule has 0 spiro atoms. The first-order valence-corrected chi connectivity index (χ1v) is 9.43. The van der Waals surface area contributed by atoms with Gasteiger partial charge < -0.3 is 15.5 Å². The fraction of sp³-hybridized carbons (Fsp3) is 0.389. The van der Waals surface area contributed by atoms with Crippen LogP contribution in [-0.2, 0) is 16.0 Å². The number of thioether (sulfide) groups is 1. The maximum atomic E-state index is 12.5. The molecule has 0 saturated carbocycles. The second-order valence-corrected chi connectivity index (χ2v) is 7.33. The van der Waals surface area contributed by atoms with E-state index in [-0.39, 0.29) is 11.6 Å². The van der Waals surface area contributed by atoms with Crippen molar-refractivity contribution >= 4 is 29.5 Å². The average molecular weight is 376 g/mol. The van der Waals surface area contributed by atoms with Gasteiger partial charge in [-0.15, -0.1) is 11.8 Å². The summed E-state index contributed by atoms with van der Waals surface area (Å²) in [6, 6.07) is 6.49. The summed E-state index contributed by atoms with van der Waals surface area (Å²) in [4.78, 5) is 37.5. The molecule has 1 aromatic carbocycles. The number of carbonyl (C=O) groups is 3. The minimum absolute atomic E-state index is 0.170. The van der Waals surface area contributed by atoms with Crippen LogP contribution < -0.4 is 5.32 Å². The number of amides is 2. The standard InChI is InChI=1S/C18H20N2O5S/c1-2-4-10-5-3-6-11(7-10)15(22)19-13-16(23)20-14(18(24)25)12(8-21)9-26-17(13)20/h3,5-7,13,17,21H,2,4,8-9H2,1H3,(H,19,22)(H,24,25)/t13-,17-/m0/s1. The van der Waals surface area contributed by atoms with Crippen molar-refractivity contribution in [2.75, 3.05) is 12.4 Å². The molecule has 0 aromatic heterocycles. The molecule has 3 N–H and O–H groups in total. The van der Waals surface area contributed by atoms with Crippen LogP contribution in [0.25, 0.3) is 0 Å². The van der Waals surface area contributed by atoms with Crippen LogP contribution in [0.4, 0.5) is 0 Å².